The van der Waals surface area contributed by atoms with Crippen LogP contribution in [0.5, 0.6) is 0 Å². The Bertz CT molecular complexity index is 241. The highest BCUT2D eigenvalue weighted by molar-refractivity contribution is 4.96. The van der Waals surface area contributed by atoms with Gasteiger partial charge in [0.1, 0.15) is 0 Å². The molecule has 0 spiro atoms. The molecule has 0 aliphatic carbocycles. The van der Waals surface area contributed by atoms with Gasteiger partial charge in [-0.1, -0.05) is 6.92 Å². The fourth-order valence-electron chi connectivity index (χ4n) is 0.930. The van der Waals surface area contributed by atoms with E-state index in [0.29, 0.717) is 0 Å². The minimum absolute atomic E-state index is 0.0474. The van der Waals surface area contributed by atoms with E-state index in [1.807, 2.05) is 0 Å². The van der Waals surface area contributed by atoms with Crippen molar-refractivity contribution in [1.29, 1.82) is 0 Å². The van der Waals surface area contributed by atoms with Gasteiger partial charge in [0.2, 0.25) is 0 Å². The molecule has 1 unspecified atom stereocenters. The zero-order chi connectivity index (χ0) is 14.3. The first kappa shape index (κ1) is 16.3. The molecule has 0 aromatic rings. The lowest BCUT2D eigenvalue weighted by atomic mass is 9.91. The molecule has 0 radical (unpaired) electrons. The van der Waals surface area contributed by atoms with E-state index < -0.39 is 36.5 Å². The van der Waals surface area contributed by atoms with E-state index in [2.05, 4.69) is 0 Å². The summed E-state index contributed by atoms with van der Waals surface area (Å²) in [4.78, 5) is 0. The molecular formula is C7H6F10. The quantitative estimate of drug-likeness (QED) is 0.657. The van der Waals surface area contributed by atoms with Crippen LogP contribution in [0.2, 0.25) is 0 Å². The zero-order valence-corrected chi connectivity index (χ0v) is 8.06. The molecule has 0 rings (SSSR count). The molecule has 104 valence electrons. The summed E-state index contributed by atoms with van der Waals surface area (Å²) in [6.45, 7) is 0.0474. The lowest BCUT2D eigenvalue weighted by Gasteiger charge is -2.32. The van der Waals surface area contributed by atoms with E-state index in [-0.39, 0.29) is 6.92 Å². The number of halogens is 10. The first-order valence-corrected chi connectivity index (χ1v) is 4.02. The molecule has 17 heavy (non-hydrogen) atoms. The topological polar surface area (TPSA) is 0 Å². The number of hydrogen-bond acceptors (Lipinski definition) is 0. The minimum Gasteiger partial charge on any atom is -0.224 e. The normalized spacial score (nSPS) is 17.1. The maximum Gasteiger partial charge on any atom is 0.431 e. The second kappa shape index (κ2) is 4.20. The Balaban J connectivity index is 5.27. The van der Waals surface area contributed by atoms with E-state index in [1.54, 1.807) is 0 Å². The predicted octanol–water partition coefficient (Wildman–Crippen LogP) is 4.41. The van der Waals surface area contributed by atoms with Crippen LogP contribution in [0.1, 0.15) is 13.3 Å². The number of hydrogen-bond donors (Lipinski definition) is 0. The maximum atomic E-state index is 12.8. The average molecular weight is 280 g/mol. The monoisotopic (exact) mass is 280 g/mol. The molecule has 0 heterocycles. The van der Waals surface area contributed by atoms with Crippen molar-refractivity contribution in [2.45, 2.75) is 37.5 Å². The van der Waals surface area contributed by atoms with Gasteiger partial charge < -0.3 is 0 Å². The lowest BCUT2D eigenvalue weighted by Crippen LogP contribution is -2.55. The minimum atomic E-state index is -6.45. The third-order valence-corrected chi connectivity index (χ3v) is 2.04. The first-order chi connectivity index (χ1) is 7.13. The van der Waals surface area contributed by atoms with Gasteiger partial charge in [0.25, 0.3) is 5.67 Å². The van der Waals surface area contributed by atoms with Crippen LogP contribution in [0.15, 0.2) is 0 Å². The molecule has 0 aliphatic rings. The summed E-state index contributed by atoms with van der Waals surface area (Å²) in [5.74, 6) is -3.07. The summed E-state index contributed by atoms with van der Waals surface area (Å²) in [6.07, 6.45) is -21.0. The Kier molecular flexibility index (Phi) is 4.03. The molecule has 0 aromatic carbocycles. The van der Waals surface area contributed by atoms with Gasteiger partial charge in [-0.15, -0.1) is 0 Å². The van der Waals surface area contributed by atoms with Crippen molar-refractivity contribution in [2.24, 2.45) is 5.92 Å². The van der Waals surface area contributed by atoms with Crippen molar-refractivity contribution >= 4 is 0 Å². The van der Waals surface area contributed by atoms with Gasteiger partial charge in [-0.25, -0.2) is 4.39 Å². The molecule has 0 saturated carbocycles. The van der Waals surface area contributed by atoms with Crippen LogP contribution < -0.4 is 0 Å². The summed E-state index contributed by atoms with van der Waals surface area (Å²) in [7, 11) is 0. The van der Waals surface area contributed by atoms with Gasteiger partial charge in [-0.2, -0.15) is 39.5 Å². The molecule has 10 heteroatoms. The van der Waals surface area contributed by atoms with E-state index in [9.17, 15) is 43.9 Å². The first-order valence-electron chi connectivity index (χ1n) is 4.02. The van der Waals surface area contributed by atoms with E-state index in [4.69, 9.17) is 0 Å². The second-order valence-corrected chi connectivity index (χ2v) is 3.44. The lowest BCUT2D eigenvalue weighted by molar-refractivity contribution is -0.351. The van der Waals surface area contributed by atoms with Crippen molar-refractivity contribution in [3.05, 3.63) is 0 Å². The van der Waals surface area contributed by atoms with E-state index >= 15 is 0 Å². The Hall–Kier alpha value is -0.700. The maximum absolute atomic E-state index is 12.8. The molecule has 0 N–H and O–H groups in total. The molecular weight excluding hydrogens is 274 g/mol. The van der Waals surface area contributed by atoms with Gasteiger partial charge in [0.05, 0.1) is 5.92 Å². The molecule has 0 fully saturated rings. The Labute approximate surface area is 88.6 Å². The summed E-state index contributed by atoms with van der Waals surface area (Å²) in [5.41, 5.74) is -5.87. The van der Waals surface area contributed by atoms with Gasteiger partial charge >= 0.3 is 18.5 Å². The number of alkyl halides is 10. The molecule has 0 amide bonds. The highest BCUT2D eigenvalue weighted by Gasteiger charge is 2.73. The standard InChI is InChI=1S/C7H6F10/c1-3(5(9,10)11)2-4(8,6(12,13)14)7(15,16)17/h3H,2H2,1H3. The van der Waals surface area contributed by atoms with E-state index in [1.165, 1.54) is 0 Å². The molecule has 0 nitrogen and oxygen atoms in total. The smallest absolute Gasteiger partial charge is 0.224 e. The average Bonchev–Trinajstić information content (AvgIpc) is 1.97. The Morgan fingerprint density at radius 2 is 1.00 bits per heavy atom. The molecule has 0 aromatic heterocycles. The van der Waals surface area contributed by atoms with Gasteiger partial charge in [-0.05, 0) is 0 Å². The van der Waals surface area contributed by atoms with Crippen molar-refractivity contribution in [3.63, 3.8) is 0 Å². The Morgan fingerprint density at radius 3 is 1.18 bits per heavy atom. The van der Waals surface area contributed by atoms with Crippen molar-refractivity contribution < 1.29 is 43.9 Å². The second-order valence-electron chi connectivity index (χ2n) is 3.44. The zero-order valence-electron chi connectivity index (χ0n) is 8.06. The molecule has 0 aliphatic heterocycles. The summed E-state index contributed by atoms with van der Waals surface area (Å²) >= 11 is 0. The van der Waals surface area contributed by atoms with Crippen LogP contribution in [0.3, 0.4) is 0 Å². The van der Waals surface area contributed by atoms with Crippen molar-refractivity contribution in [2.75, 3.05) is 0 Å². The van der Waals surface area contributed by atoms with E-state index in [0.717, 1.165) is 0 Å². The third-order valence-electron chi connectivity index (χ3n) is 2.04. The molecule has 0 bridgehead atoms. The Morgan fingerprint density at radius 1 is 0.706 bits per heavy atom. The largest absolute Gasteiger partial charge is 0.431 e. The van der Waals surface area contributed by atoms with Crippen LogP contribution in [-0.2, 0) is 0 Å². The highest BCUT2D eigenvalue weighted by atomic mass is 19.4. The molecule has 0 saturated heterocycles. The highest BCUT2D eigenvalue weighted by Crippen LogP contribution is 2.51. The fraction of sp³-hybridized carbons (Fsp3) is 1.00. The van der Waals surface area contributed by atoms with Gasteiger partial charge in [-0.3, -0.25) is 0 Å². The van der Waals surface area contributed by atoms with Crippen LogP contribution in [-0.4, -0.2) is 24.2 Å². The van der Waals surface area contributed by atoms with Crippen molar-refractivity contribution in [3.8, 4) is 0 Å². The summed E-state index contributed by atoms with van der Waals surface area (Å²) in [6, 6.07) is 0. The predicted molar refractivity (Wildman–Crippen MR) is 35.8 cm³/mol. The van der Waals surface area contributed by atoms with Crippen LogP contribution in [0, 0.1) is 5.92 Å². The van der Waals surface area contributed by atoms with Crippen LogP contribution >= 0.6 is 0 Å². The van der Waals surface area contributed by atoms with Gasteiger partial charge in [0.15, 0.2) is 0 Å². The summed E-state index contributed by atoms with van der Waals surface area (Å²) in [5, 5.41) is 0. The fourth-order valence-corrected chi connectivity index (χ4v) is 0.930. The van der Waals surface area contributed by atoms with Crippen LogP contribution in [0.25, 0.3) is 0 Å². The summed E-state index contributed by atoms with van der Waals surface area (Å²) < 4.78 is 120. The third kappa shape index (κ3) is 3.38. The van der Waals surface area contributed by atoms with Crippen LogP contribution in [0.4, 0.5) is 43.9 Å². The SMILES string of the molecule is CC(CC(F)(C(F)(F)F)C(F)(F)F)C(F)(F)F. The number of rotatable bonds is 2. The van der Waals surface area contributed by atoms with Gasteiger partial charge in [0, 0.05) is 6.42 Å². The van der Waals surface area contributed by atoms with Crippen molar-refractivity contribution in [1.82, 2.24) is 0 Å². The molecule has 1 atom stereocenters.